The molecule has 0 fully saturated rings. The zero-order valence-electron chi connectivity index (χ0n) is 10.00. The van der Waals surface area contributed by atoms with Gasteiger partial charge < -0.3 is 5.73 Å². The highest BCUT2D eigenvalue weighted by Gasteiger charge is 2.15. The van der Waals surface area contributed by atoms with Gasteiger partial charge in [-0.3, -0.25) is 9.36 Å². The number of carbonyl (C=O) groups is 1. The smallest absolute Gasteiger partial charge is 0.237 e. The predicted molar refractivity (Wildman–Crippen MR) is 67.1 cm³/mol. The Morgan fingerprint density at radius 3 is 2.72 bits per heavy atom. The van der Waals surface area contributed by atoms with Gasteiger partial charge in [-0.1, -0.05) is 19.1 Å². The molecule has 18 heavy (non-hydrogen) atoms. The Morgan fingerprint density at radius 2 is 2.06 bits per heavy atom. The first-order valence-corrected chi connectivity index (χ1v) is 5.82. The Bertz CT molecular complexity index is 739. The Morgan fingerprint density at radius 1 is 1.33 bits per heavy atom. The van der Waals surface area contributed by atoms with Crippen molar-refractivity contribution in [2.24, 2.45) is 5.73 Å². The van der Waals surface area contributed by atoms with Crippen LogP contribution >= 0.6 is 0 Å². The van der Waals surface area contributed by atoms with Crippen molar-refractivity contribution in [2.75, 3.05) is 0 Å². The number of aryl methyl sites for hydroxylation is 1. The average molecular weight is 243 g/mol. The molecule has 0 saturated carbocycles. The zero-order chi connectivity index (χ0) is 12.7. The van der Waals surface area contributed by atoms with Crippen LogP contribution in [-0.2, 0) is 17.8 Å². The summed E-state index contributed by atoms with van der Waals surface area (Å²) in [7, 11) is 0. The maximum atomic E-state index is 11.2. The van der Waals surface area contributed by atoms with Crippen LogP contribution in [0.5, 0.6) is 0 Å². The summed E-state index contributed by atoms with van der Waals surface area (Å²) in [5.41, 5.74) is 7.13. The van der Waals surface area contributed by atoms with Crippen molar-refractivity contribution in [3.05, 3.63) is 30.1 Å². The van der Waals surface area contributed by atoms with E-state index in [9.17, 15) is 4.79 Å². The Labute approximate surface area is 103 Å². The van der Waals surface area contributed by atoms with Crippen LogP contribution in [0.2, 0.25) is 0 Å². The van der Waals surface area contributed by atoms with E-state index in [2.05, 4.69) is 10.1 Å². The van der Waals surface area contributed by atoms with Crippen molar-refractivity contribution in [1.82, 2.24) is 19.2 Å². The number of aromatic nitrogens is 4. The first-order chi connectivity index (χ1) is 8.70. The van der Waals surface area contributed by atoms with Gasteiger partial charge in [-0.2, -0.15) is 9.50 Å². The molecule has 0 aliphatic rings. The molecule has 3 rings (SSSR count). The van der Waals surface area contributed by atoms with Crippen LogP contribution in [0.3, 0.4) is 0 Å². The molecule has 2 N–H and O–H groups in total. The molecule has 1 amide bonds. The van der Waals surface area contributed by atoms with E-state index in [1.807, 2.05) is 31.2 Å². The molecule has 0 aliphatic heterocycles. The van der Waals surface area contributed by atoms with Gasteiger partial charge in [0.2, 0.25) is 11.7 Å². The summed E-state index contributed by atoms with van der Waals surface area (Å²) in [5.74, 6) is 1.03. The van der Waals surface area contributed by atoms with Crippen molar-refractivity contribution in [3.63, 3.8) is 0 Å². The molecule has 0 aliphatic carbocycles. The molecule has 0 saturated heterocycles. The lowest BCUT2D eigenvalue weighted by molar-refractivity contribution is -0.118. The summed E-state index contributed by atoms with van der Waals surface area (Å²) in [5, 5.41) is 4.42. The Kier molecular flexibility index (Phi) is 2.29. The normalized spacial score (nSPS) is 11.4. The molecule has 0 spiro atoms. The third-order valence-corrected chi connectivity index (χ3v) is 2.91. The van der Waals surface area contributed by atoms with Crippen LogP contribution in [-0.4, -0.2) is 25.1 Å². The summed E-state index contributed by atoms with van der Waals surface area (Å²) in [6.07, 6.45) is 0.757. The van der Waals surface area contributed by atoms with E-state index >= 15 is 0 Å². The monoisotopic (exact) mass is 243 g/mol. The van der Waals surface area contributed by atoms with Gasteiger partial charge in [0.05, 0.1) is 11.0 Å². The molecule has 2 heterocycles. The lowest BCUT2D eigenvalue weighted by Crippen LogP contribution is -2.18. The second-order valence-corrected chi connectivity index (χ2v) is 4.13. The number of nitrogens with two attached hydrogens (primary N) is 1. The lowest BCUT2D eigenvalue weighted by atomic mass is 10.3. The number of carbonyl (C=O) groups excluding carboxylic acids is 1. The summed E-state index contributed by atoms with van der Waals surface area (Å²) in [6, 6.07) is 7.73. The number of benzene rings is 1. The minimum Gasteiger partial charge on any atom is -0.368 e. The molecular formula is C12H13N5O. The fourth-order valence-electron chi connectivity index (χ4n) is 2.12. The highest BCUT2D eigenvalue weighted by atomic mass is 16.1. The van der Waals surface area contributed by atoms with Crippen molar-refractivity contribution in [1.29, 1.82) is 0 Å². The van der Waals surface area contributed by atoms with Gasteiger partial charge in [0.25, 0.3) is 0 Å². The van der Waals surface area contributed by atoms with E-state index in [4.69, 9.17) is 5.73 Å². The molecule has 92 valence electrons. The van der Waals surface area contributed by atoms with Gasteiger partial charge in [-0.05, 0) is 12.1 Å². The second kappa shape index (κ2) is 3.83. The number of amides is 1. The van der Waals surface area contributed by atoms with Crippen molar-refractivity contribution in [3.8, 4) is 0 Å². The summed E-state index contributed by atoms with van der Waals surface area (Å²) < 4.78 is 3.56. The average Bonchev–Trinajstić information content (AvgIpc) is 2.89. The van der Waals surface area contributed by atoms with Gasteiger partial charge >= 0.3 is 0 Å². The van der Waals surface area contributed by atoms with Crippen LogP contribution in [0.1, 0.15) is 12.7 Å². The SMILES string of the molecule is CCc1nc2n(CC(N)=O)c3ccccc3n2n1. The van der Waals surface area contributed by atoms with Gasteiger partial charge in [-0.15, -0.1) is 5.10 Å². The number of nitrogens with zero attached hydrogens (tertiary/aromatic N) is 4. The Balaban J connectivity index is 2.38. The molecular weight excluding hydrogens is 230 g/mol. The molecule has 0 bridgehead atoms. The van der Waals surface area contributed by atoms with Crippen molar-refractivity contribution >= 4 is 22.7 Å². The third kappa shape index (κ3) is 1.46. The van der Waals surface area contributed by atoms with Crippen LogP contribution in [0.15, 0.2) is 24.3 Å². The van der Waals surface area contributed by atoms with Gasteiger partial charge in [-0.25, -0.2) is 0 Å². The van der Waals surface area contributed by atoms with E-state index in [1.54, 1.807) is 9.08 Å². The standard InChI is InChI=1S/C12H13N5O/c1-2-11-14-12-16(7-10(13)18)8-5-3-4-6-9(8)17(12)15-11/h3-6H,2,7H2,1H3,(H2,13,18). The molecule has 0 atom stereocenters. The molecule has 6 nitrogen and oxygen atoms in total. The van der Waals surface area contributed by atoms with Crippen LogP contribution in [0.4, 0.5) is 0 Å². The third-order valence-electron chi connectivity index (χ3n) is 2.91. The first kappa shape index (κ1) is 10.8. The number of para-hydroxylation sites is 2. The number of hydrogen-bond acceptors (Lipinski definition) is 3. The minimum absolute atomic E-state index is 0.110. The van der Waals surface area contributed by atoms with E-state index < -0.39 is 0 Å². The molecule has 3 aromatic rings. The number of fused-ring (bicyclic) bond motifs is 3. The molecule has 1 aromatic carbocycles. The molecule has 6 heteroatoms. The lowest BCUT2D eigenvalue weighted by Gasteiger charge is -2.00. The second-order valence-electron chi connectivity index (χ2n) is 4.13. The van der Waals surface area contributed by atoms with Crippen molar-refractivity contribution < 1.29 is 4.79 Å². The molecule has 0 radical (unpaired) electrons. The van der Waals surface area contributed by atoms with Gasteiger partial charge in [0, 0.05) is 6.42 Å². The first-order valence-electron chi connectivity index (χ1n) is 5.82. The van der Waals surface area contributed by atoms with Crippen LogP contribution in [0.25, 0.3) is 16.8 Å². The molecule has 0 unspecified atom stereocenters. The van der Waals surface area contributed by atoms with E-state index in [-0.39, 0.29) is 12.5 Å². The number of primary amides is 1. The summed E-state index contributed by atoms with van der Waals surface area (Å²) >= 11 is 0. The number of rotatable bonds is 3. The highest BCUT2D eigenvalue weighted by Crippen LogP contribution is 2.19. The van der Waals surface area contributed by atoms with Crippen molar-refractivity contribution in [2.45, 2.75) is 19.9 Å². The number of hydrogen-bond donors (Lipinski definition) is 1. The van der Waals surface area contributed by atoms with Gasteiger partial charge in [0.15, 0.2) is 5.82 Å². The molecule has 2 aromatic heterocycles. The van der Waals surface area contributed by atoms with Crippen LogP contribution < -0.4 is 5.73 Å². The van der Waals surface area contributed by atoms with E-state index in [1.165, 1.54) is 0 Å². The summed E-state index contributed by atoms with van der Waals surface area (Å²) in [4.78, 5) is 15.6. The van der Waals surface area contributed by atoms with Crippen LogP contribution in [0, 0.1) is 0 Å². The predicted octanol–water partition coefficient (Wildman–Crippen LogP) is 0.732. The Hall–Kier alpha value is -2.37. The topological polar surface area (TPSA) is 78.2 Å². The van der Waals surface area contributed by atoms with Gasteiger partial charge in [0.1, 0.15) is 6.54 Å². The minimum atomic E-state index is -0.390. The zero-order valence-corrected chi connectivity index (χ0v) is 10.00. The fourth-order valence-corrected chi connectivity index (χ4v) is 2.12. The maximum Gasteiger partial charge on any atom is 0.237 e. The fraction of sp³-hybridized carbons (Fsp3) is 0.250. The number of imidazole rings is 1. The highest BCUT2D eigenvalue weighted by molar-refractivity contribution is 5.83. The van der Waals surface area contributed by atoms with E-state index in [0.29, 0.717) is 5.78 Å². The summed E-state index contributed by atoms with van der Waals surface area (Å²) in [6.45, 7) is 2.11. The largest absolute Gasteiger partial charge is 0.368 e. The maximum absolute atomic E-state index is 11.2. The quantitative estimate of drug-likeness (QED) is 0.736. The van der Waals surface area contributed by atoms with E-state index in [0.717, 1.165) is 23.3 Å².